The summed E-state index contributed by atoms with van der Waals surface area (Å²) in [4.78, 5) is 23.8. The van der Waals surface area contributed by atoms with E-state index >= 15 is 0 Å². The standard InChI is InChI=1S/C17H29NO4/c1-15(2,3)22-14(21)18-17(9-7-6-8-10-17)12-11(13(19)20)16(12,4)5/h11-12H,6-10H2,1-5H3,(H,18,21)(H,19,20)/t11-,12+/m0/s1. The van der Waals surface area contributed by atoms with Crippen molar-refractivity contribution in [3.05, 3.63) is 0 Å². The van der Waals surface area contributed by atoms with Crippen LogP contribution in [0.15, 0.2) is 0 Å². The van der Waals surface area contributed by atoms with Crippen LogP contribution in [-0.4, -0.2) is 28.3 Å². The van der Waals surface area contributed by atoms with Crippen LogP contribution in [0, 0.1) is 17.3 Å². The Morgan fingerprint density at radius 1 is 1.14 bits per heavy atom. The van der Waals surface area contributed by atoms with E-state index in [2.05, 4.69) is 5.32 Å². The molecule has 0 radical (unpaired) electrons. The van der Waals surface area contributed by atoms with Crippen LogP contribution in [0.3, 0.4) is 0 Å². The van der Waals surface area contributed by atoms with Crippen molar-refractivity contribution in [3.8, 4) is 0 Å². The Morgan fingerprint density at radius 3 is 2.09 bits per heavy atom. The van der Waals surface area contributed by atoms with Gasteiger partial charge in [-0.05, 0) is 39.0 Å². The minimum Gasteiger partial charge on any atom is -0.481 e. The Bertz CT molecular complexity index is 458. The second-order valence-electron chi connectivity index (χ2n) is 8.46. The van der Waals surface area contributed by atoms with E-state index in [1.54, 1.807) is 0 Å². The van der Waals surface area contributed by atoms with Crippen LogP contribution < -0.4 is 5.32 Å². The fourth-order valence-electron chi connectivity index (χ4n) is 4.33. The molecule has 1 amide bonds. The van der Waals surface area contributed by atoms with Crippen molar-refractivity contribution in [2.24, 2.45) is 17.3 Å². The first-order valence-corrected chi connectivity index (χ1v) is 8.24. The molecule has 126 valence electrons. The van der Waals surface area contributed by atoms with Crippen molar-refractivity contribution < 1.29 is 19.4 Å². The van der Waals surface area contributed by atoms with Gasteiger partial charge in [-0.2, -0.15) is 0 Å². The number of aliphatic carboxylic acids is 1. The van der Waals surface area contributed by atoms with Gasteiger partial charge in [0.2, 0.25) is 0 Å². The zero-order valence-corrected chi connectivity index (χ0v) is 14.4. The smallest absolute Gasteiger partial charge is 0.408 e. The molecule has 2 saturated carbocycles. The molecule has 0 bridgehead atoms. The van der Waals surface area contributed by atoms with Crippen LogP contribution in [0.1, 0.15) is 66.7 Å². The molecule has 0 aromatic carbocycles. The summed E-state index contributed by atoms with van der Waals surface area (Å²) in [5, 5.41) is 12.5. The van der Waals surface area contributed by atoms with Gasteiger partial charge in [-0.1, -0.05) is 33.1 Å². The molecule has 5 heteroatoms. The topological polar surface area (TPSA) is 75.6 Å². The number of carbonyl (C=O) groups excluding carboxylic acids is 1. The van der Waals surface area contributed by atoms with Crippen molar-refractivity contribution in [2.45, 2.75) is 77.9 Å². The number of carboxylic acid groups (broad SMARTS) is 1. The Kier molecular flexibility index (Phi) is 4.22. The number of alkyl carbamates (subject to hydrolysis) is 1. The molecule has 0 heterocycles. The Labute approximate surface area is 132 Å². The van der Waals surface area contributed by atoms with E-state index in [1.165, 1.54) is 0 Å². The minimum absolute atomic E-state index is 0.0229. The highest BCUT2D eigenvalue weighted by Crippen LogP contribution is 2.65. The molecule has 0 aromatic heterocycles. The number of hydrogen-bond donors (Lipinski definition) is 2. The van der Waals surface area contributed by atoms with E-state index in [9.17, 15) is 14.7 Å². The maximum Gasteiger partial charge on any atom is 0.408 e. The van der Waals surface area contributed by atoms with Gasteiger partial charge >= 0.3 is 12.1 Å². The Hall–Kier alpha value is -1.26. The normalized spacial score (nSPS) is 29.5. The van der Waals surface area contributed by atoms with Gasteiger partial charge in [-0.25, -0.2) is 4.79 Å². The molecule has 5 nitrogen and oxygen atoms in total. The molecule has 2 rings (SSSR count). The second-order valence-corrected chi connectivity index (χ2v) is 8.46. The van der Waals surface area contributed by atoms with E-state index in [4.69, 9.17) is 4.74 Å². The molecule has 0 saturated heterocycles. The molecule has 2 atom stereocenters. The molecule has 2 fully saturated rings. The number of amides is 1. The van der Waals surface area contributed by atoms with Crippen LogP contribution in [0.25, 0.3) is 0 Å². The van der Waals surface area contributed by atoms with Gasteiger partial charge in [0.15, 0.2) is 0 Å². The van der Waals surface area contributed by atoms with Gasteiger partial charge < -0.3 is 15.2 Å². The minimum atomic E-state index is -0.758. The molecular weight excluding hydrogens is 282 g/mol. The molecule has 0 aliphatic heterocycles. The lowest BCUT2D eigenvalue weighted by atomic mass is 9.75. The summed E-state index contributed by atoms with van der Waals surface area (Å²) in [6.45, 7) is 9.48. The first-order valence-electron chi connectivity index (χ1n) is 8.24. The third-order valence-corrected chi connectivity index (χ3v) is 5.18. The van der Waals surface area contributed by atoms with E-state index < -0.39 is 23.2 Å². The lowest BCUT2D eigenvalue weighted by Gasteiger charge is -2.40. The molecule has 2 N–H and O–H groups in total. The average Bonchev–Trinajstić information content (AvgIpc) is 2.92. The lowest BCUT2D eigenvalue weighted by molar-refractivity contribution is -0.139. The fourth-order valence-corrected chi connectivity index (χ4v) is 4.33. The monoisotopic (exact) mass is 311 g/mol. The third kappa shape index (κ3) is 3.23. The van der Waals surface area contributed by atoms with Crippen LogP contribution >= 0.6 is 0 Å². The number of rotatable bonds is 3. The van der Waals surface area contributed by atoms with E-state index in [1.807, 2.05) is 34.6 Å². The van der Waals surface area contributed by atoms with Gasteiger partial charge in [-0.15, -0.1) is 0 Å². The summed E-state index contributed by atoms with van der Waals surface area (Å²) in [5.74, 6) is -1.17. The predicted octanol–water partition coefficient (Wildman–Crippen LogP) is 3.57. The number of nitrogens with one attached hydrogen (secondary N) is 1. The van der Waals surface area contributed by atoms with Gasteiger partial charge in [0.05, 0.1) is 5.92 Å². The highest BCUT2D eigenvalue weighted by molar-refractivity contribution is 5.77. The van der Waals surface area contributed by atoms with Gasteiger partial charge in [0.1, 0.15) is 5.60 Å². The third-order valence-electron chi connectivity index (χ3n) is 5.18. The van der Waals surface area contributed by atoms with Crippen molar-refractivity contribution in [1.29, 1.82) is 0 Å². The van der Waals surface area contributed by atoms with Crippen LogP contribution in [0.2, 0.25) is 0 Å². The molecule has 0 unspecified atom stereocenters. The zero-order chi connectivity index (χ0) is 16.8. The highest BCUT2D eigenvalue weighted by atomic mass is 16.6. The molecular formula is C17H29NO4. The molecule has 0 aromatic rings. The summed E-state index contributed by atoms with van der Waals surface area (Å²) in [6, 6.07) is 0. The van der Waals surface area contributed by atoms with Crippen LogP contribution in [0.5, 0.6) is 0 Å². The predicted molar refractivity (Wildman–Crippen MR) is 83.6 cm³/mol. The zero-order valence-electron chi connectivity index (χ0n) is 14.4. The molecule has 2 aliphatic carbocycles. The average molecular weight is 311 g/mol. The molecule has 0 spiro atoms. The van der Waals surface area contributed by atoms with Gasteiger partial charge in [-0.3, -0.25) is 4.79 Å². The second kappa shape index (κ2) is 5.43. The van der Waals surface area contributed by atoms with Crippen molar-refractivity contribution >= 4 is 12.1 Å². The number of hydrogen-bond acceptors (Lipinski definition) is 3. The van der Waals surface area contributed by atoms with Crippen molar-refractivity contribution in [3.63, 3.8) is 0 Å². The Balaban J connectivity index is 2.19. The van der Waals surface area contributed by atoms with Crippen molar-refractivity contribution in [1.82, 2.24) is 5.32 Å². The summed E-state index contributed by atoms with van der Waals surface area (Å²) >= 11 is 0. The maximum atomic E-state index is 12.3. The molecule has 22 heavy (non-hydrogen) atoms. The summed E-state index contributed by atoms with van der Waals surface area (Å²) < 4.78 is 5.41. The van der Waals surface area contributed by atoms with E-state index in [0.717, 1.165) is 32.1 Å². The fraction of sp³-hybridized carbons (Fsp3) is 0.882. The Morgan fingerprint density at radius 2 is 1.68 bits per heavy atom. The largest absolute Gasteiger partial charge is 0.481 e. The summed E-state index contributed by atoms with van der Waals surface area (Å²) in [6.07, 6.45) is 4.43. The first kappa shape index (κ1) is 17.1. The van der Waals surface area contributed by atoms with E-state index in [-0.39, 0.29) is 17.3 Å². The van der Waals surface area contributed by atoms with Crippen LogP contribution in [-0.2, 0) is 9.53 Å². The van der Waals surface area contributed by atoms with E-state index in [0.29, 0.717) is 0 Å². The number of ether oxygens (including phenoxy) is 1. The van der Waals surface area contributed by atoms with Gasteiger partial charge in [0, 0.05) is 11.5 Å². The number of carbonyl (C=O) groups is 2. The molecule has 2 aliphatic rings. The number of carboxylic acids is 1. The first-order chi connectivity index (χ1) is 10.00. The quantitative estimate of drug-likeness (QED) is 0.835. The van der Waals surface area contributed by atoms with Crippen molar-refractivity contribution in [2.75, 3.05) is 0 Å². The van der Waals surface area contributed by atoms with Gasteiger partial charge in [0.25, 0.3) is 0 Å². The maximum absolute atomic E-state index is 12.3. The van der Waals surface area contributed by atoms with Crippen LogP contribution in [0.4, 0.5) is 4.79 Å². The SMILES string of the molecule is CC(C)(C)OC(=O)NC1([C@@H]2[C@@H](C(=O)O)C2(C)C)CCCCC1. The summed E-state index contributed by atoms with van der Waals surface area (Å²) in [7, 11) is 0. The highest BCUT2D eigenvalue weighted by Gasteiger charge is 2.70. The summed E-state index contributed by atoms with van der Waals surface area (Å²) in [5.41, 5.74) is -1.27. The lowest BCUT2D eigenvalue weighted by Crippen LogP contribution is -2.54.